The van der Waals surface area contributed by atoms with Crippen molar-refractivity contribution < 1.29 is 19.1 Å². The number of anilines is 1. The van der Waals surface area contributed by atoms with E-state index in [-0.39, 0.29) is 29.2 Å². The van der Waals surface area contributed by atoms with Crippen molar-refractivity contribution in [1.82, 2.24) is 15.1 Å². The summed E-state index contributed by atoms with van der Waals surface area (Å²) in [4.78, 5) is 27.4. The van der Waals surface area contributed by atoms with E-state index in [1.807, 2.05) is 26.1 Å². The third-order valence-corrected chi connectivity index (χ3v) is 8.36. The molecule has 1 aromatic rings. The summed E-state index contributed by atoms with van der Waals surface area (Å²) in [7, 11) is 0. The van der Waals surface area contributed by atoms with E-state index in [2.05, 4.69) is 21.4 Å². The van der Waals surface area contributed by atoms with Crippen LogP contribution in [-0.2, 0) is 9.47 Å². The molecule has 1 aliphatic heterocycles. The molecular formula is C26H36N6O4. The largest absolute Gasteiger partial charge is 0.443 e. The van der Waals surface area contributed by atoms with E-state index in [0.29, 0.717) is 44.2 Å². The number of allylic oxidation sites excluding steroid dienone is 1. The fraction of sp³-hybridized carbons (Fsp3) is 0.692. The van der Waals surface area contributed by atoms with E-state index in [0.717, 1.165) is 37.9 Å². The Labute approximate surface area is 211 Å². The number of carbonyl (C=O) groups is 2. The summed E-state index contributed by atoms with van der Waals surface area (Å²) in [5.74, 6) is 1.68. The van der Waals surface area contributed by atoms with E-state index in [4.69, 9.17) is 20.5 Å². The first-order valence-electron chi connectivity index (χ1n) is 12.9. The van der Waals surface area contributed by atoms with E-state index < -0.39 is 11.7 Å². The van der Waals surface area contributed by atoms with Crippen LogP contribution in [0.4, 0.5) is 10.6 Å². The van der Waals surface area contributed by atoms with E-state index in [9.17, 15) is 9.59 Å². The Balaban J connectivity index is 1.37. The molecular weight excluding hydrogens is 460 g/mol. The van der Waals surface area contributed by atoms with Crippen molar-refractivity contribution in [2.75, 3.05) is 31.2 Å². The maximum Gasteiger partial charge on any atom is 0.405 e. The van der Waals surface area contributed by atoms with Gasteiger partial charge in [0.15, 0.2) is 0 Å². The lowest BCUT2D eigenvalue weighted by Crippen LogP contribution is -2.63. The number of nitrogens with two attached hydrogens (primary N) is 1. The number of amides is 2. The van der Waals surface area contributed by atoms with Gasteiger partial charge in [-0.25, -0.2) is 9.48 Å². The van der Waals surface area contributed by atoms with Gasteiger partial charge in [-0.15, -0.1) is 0 Å². The molecule has 0 spiro atoms. The lowest BCUT2D eigenvalue weighted by atomic mass is 9.52. The number of aromatic nitrogens is 2. The summed E-state index contributed by atoms with van der Waals surface area (Å²) < 4.78 is 12.9. The summed E-state index contributed by atoms with van der Waals surface area (Å²) in [5.41, 5.74) is 5.15. The van der Waals surface area contributed by atoms with Crippen LogP contribution < -0.4 is 16.0 Å². The number of morpholine rings is 1. The number of carbonyl (C=O) groups excluding carboxylic acids is 2. The van der Waals surface area contributed by atoms with Gasteiger partial charge < -0.3 is 25.4 Å². The van der Waals surface area contributed by atoms with Crippen LogP contribution in [0.2, 0.25) is 0 Å². The van der Waals surface area contributed by atoms with E-state index in [1.54, 1.807) is 10.9 Å². The highest BCUT2D eigenvalue weighted by molar-refractivity contribution is 5.99. The SMILES string of the molecule is CC(C)(C=Cn1ncc(C(=O)NC2C3CC4CC2CC(OC(N)=O)(C4)C3)c1N1CCOCC1)CC#N. The Kier molecular flexibility index (Phi) is 6.45. The molecule has 4 aliphatic carbocycles. The fourth-order valence-corrected chi connectivity index (χ4v) is 7.00. The second kappa shape index (κ2) is 9.43. The average Bonchev–Trinajstić information content (AvgIpc) is 3.23. The summed E-state index contributed by atoms with van der Waals surface area (Å²) in [5, 5.41) is 17.0. The first-order chi connectivity index (χ1) is 17.2. The zero-order valence-electron chi connectivity index (χ0n) is 21.1. The zero-order chi connectivity index (χ0) is 25.5. The maximum atomic E-state index is 13.7. The second-order valence-electron chi connectivity index (χ2n) is 11.6. The predicted octanol–water partition coefficient (Wildman–Crippen LogP) is 2.90. The molecule has 2 heterocycles. The third kappa shape index (κ3) is 4.81. The van der Waals surface area contributed by atoms with Crippen molar-refractivity contribution in [2.45, 2.75) is 64.0 Å². The Morgan fingerprint density at radius 3 is 2.64 bits per heavy atom. The molecule has 0 aromatic carbocycles. The lowest BCUT2D eigenvalue weighted by Gasteiger charge is -2.58. The molecule has 194 valence electrons. The number of nitriles is 1. The molecule has 10 heteroatoms. The molecule has 3 N–H and O–H groups in total. The average molecular weight is 497 g/mol. The van der Waals surface area contributed by atoms with Crippen LogP contribution in [0.1, 0.15) is 62.7 Å². The van der Waals surface area contributed by atoms with Gasteiger partial charge in [-0.3, -0.25) is 4.79 Å². The number of ether oxygens (including phenoxy) is 2. The maximum absolute atomic E-state index is 13.7. The van der Waals surface area contributed by atoms with Crippen LogP contribution in [0.25, 0.3) is 6.20 Å². The van der Waals surface area contributed by atoms with Gasteiger partial charge in [0.05, 0.1) is 25.5 Å². The van der Waals surface area contributed by atoms with Crippen LogP contribution in [0.5, 0.6) is 0 Å². The van der Waals surface area contributed by atoms with Gasteiger partial charge in [-0.05, 0) is 55.3 Å². The van der Waals surface area contributed by atoms with Gasteiger partial charge >= 0.3 is 6.09 Å². The molecule has 6 rings (SSSR count). The molecule has 4 bridgehead atoms. The molecule has 5 fully saturated rings. The van der Waals surface area contributed by atoms with Crippen molar-refractivity contribution in [2.24, 2.45) is 28.9 Å². The Morgan fingerprint density at radius 2 is 2.00 bits per heavy atom. The fourth-order valence-electron chi connectivity index (χ4n) is 7.00. The smallest absolute Gasteiger partial charge is 0.405 e. The summed E-state index contributed by atoms with van der Waals surface area (Å²) in [6.45, 7) is 6.52. The Hall–Kier alpha value is -3.06. The molecule has 5 aliphatic rings. The first kappa shape index (κ1) is 24.6. The molecule has 4 saturated carbocycles. The Morgan fingerprint density at radius 1 is 1.31 bits per heavy atom. The van der Waals surface area contributed by atoms with Crippen molar-refractivity contribution in [1.29, 1.82) is 5.26 Å². The van der Waals surface area contributed by atoms with Gasteiger partial charge in [0.2, 0.25) is 0 Å². The second-order valence-corrected chi connectivity index (χ2v) is 11.6. The van der Waals surface area contributed by atoms with Crippen LogP contribution in [-0.4, -0.2) is 59.7 Å². The minimum atomic E-state index is -0.703. The van der Waals surface area contributed by atoms with Gasteiger partial charge in [0, 0.05) is 31.8 Å². The molecule has 1 saturated heterocycles. The van der Waals surface area contributed by atoms with Crippen LogP contribution in [0.3, 0.4) is 0 Å². The molecule has 2 unspecified atom stereocenters. The number of hydrogen-bond donors (Lipinski definition) is 2. The predicted molar refractivity (Wildman–Crippen MR) is 133 cm³/mol. The first-order valence-corrected chi connectivity index (χ1v) is 12.9. The van der Waals surface area contributed by atoms with Crippen LogP contribution in [0, 0.1) is 34.5 Å². The quantitative estimate of drug-likeness (QED) is 0.592. The molecule has 1 aromatic heterocycles. The number of hydrogen-bond acceptors (Lipinski definition) is 7. The van der Waals surface area contributed by atoms with E-state index >= 15 is 0 Å². The highest BCUT2D eigenvalue weighted by atomic mass is 16.6. The van der Waals surface area contributed by atoms with E-state index in [1.165, 1.54) is 0 Å². The van der Waals surface area contributed by atoms with Crippen LogP contribution >= 0.6 is 0 Å². The minimum absolute atomic E-state index is 0.0460. The number of rotatable bonds is 7. The standard InChI is InChI=1S/C26H36N6O4/c1-25(2,3-5-27)4-6-32-23(31-7-9-35-10-8-31)20(16-29-32)22(33)30-21-18-11-17-12-19(21)15-26(13-17,14-18)36-24(28)34/h4,6,16-19,21H,3,7-15H2,1-2H3,(H2,28,34)(H,30,33). The Bertz CT molecular complexity index is 1070. The number of nitrogens with zero attached hydrogens (tertiary/aromatic N) is 4. The van der Waals surface area contributed by atoms with Crippen molar-refractivity contribution in [3.8, 4) is 6.07 Å². The molecule has 2 atom stereocenters. The summed E-state index contributed by atoms with van der Waals surface area (Å²) in [6, 6.07) is 2.27. The van der Waals surface area contributed by atoms with Gasteiger partial charge in [-0.1, -0.05) is 19.9 Å². The van der Waals surface area contributed by atoms with Crippen molar-refractivity contribution >= 4 is 24.0 Å². The lowest BCUT2D eigenvalue weighted by molar-refractivity contribution is -0.137. The molecule has 36 heavy (non-hydrogen) atoms. The van der Waals surface area contributed by atoms with Gasteiger partial charge in [0.1, 0.15) is 17.0 Å². The highest BCUT2D eigenvalue weighted by Gasteiger charge is 2.57. The highest BCUT2D eigenvalue weighted by Crippen LogP contribution is 2.57. The van der Waals surface area contributed by atoms with Gasteiger partial charge in [0.25, 0.3) is 5.91 Å². The zero-order valence-corrected chi connectivity index (χ0v) is 21.1. The van der Waals surface area contributed by atoms with Gasteiger partial charge in [-0.2, -0.15) is 10.4 Å². The summed E-state index contributed by atoms with van der Waals surface area (Å²) >= 11 is 0. The van der Waals surface area contributed by atoms with Crippen LogP contribution in [0.15, 0.2) is 12.3 Å². The molecule has 10 nitrogen and oxygen atoms in total. The summed E-state index contributed by atoms with van der Waals surface area (Å²) in [6.07, 6.45) is 9.60. The number of primary amides is 1. The topological polar surface area (TPSA) is 136 Å². The minimum Gasteiger partial charge on any atom is -0.443 e. The molecule has 2 amide bonds. The molecule has 0 radical (unpaired) electrons. The normalized spacial score (nSPS) is 31.4. The van der Waals surface area contributed by atoms with Crippen molar-refractivity contribution in [3.05, 3.63) is 17.8 Å². The third-order valence-electron chi connectivity index (χ3n) is 8.36. The monoisotopic (exact) mass is 496 g/mol. The van der Waals surface area contributed by atoms with Crippen molar-refractivity contribution in [3.63, 3.8) is 0 Å². The number of nitrogens with one attached hydrogen (secondary N) is 1.